The maximum atomic E-state index is 13.1. The number of hydrogen-bond acceptors (Lipinski definition) is 5. The number of aromatic nitrogens is 1. The lowest BCUT2D eigenvalue weighted by Gasteiger charge is -2.41. The smallest absolute Gasteiger partial charge is 0.324 e. The van der Waals surface area contributed by atoms with Crippen LogP contribution < -0.4 is 10.6 Å². The molecule has 3 rings (SSSR count). The summed E-state index contributed by atoms with van der Waals surface area (Å²) in [5, 5.41) is 14.3. The number of rotatable bonds is 9. The molecule has 0 saturated carbocycles. The van der Waals surface area contributed by atoms with Gasteiger partial charge in [-0.05, 0) is 42.2 Å². The number of carbonyl (C=O) groups excluding carboxylic acids is 3. The zero-order valence-electron chi connectivity index (χ0n) is 19.9. The molecule has 4 amide bonds. The van der Waals surface area contributed by atoms with Gasteiger partial charge < -0.3 is 20.2 Å². The van der Waals surface area contributed by atoms with E-state index in [0.717, 1.165) is 12.0 Å². The van der Waals surface area contributed by atoms with E-state index in [2.05, 4.69) is 29.5 Å². The van der Waals surface area contributed by atoms with E-state index in [1.54, 1.807) is 58.5 Å². The van der Waals surface area contributed by atoms with E-state index in [-0.39, 0.29) is 43.8 Å². The predicted octanol–water partition coefficient (Wildman–Crippen LogP) is 2.83. The van der Waals surface area contributed by atoms with E-state index in [1.807, 2.05) is 0 Å². The first-order valence-corrected chi connectivity index (χ1v) is 11.6. The summed E-state index contributed by atoms with van der Waals surface area (Å²) in [6.45, 7) is 4.54. The van der Waals surface area contributed by atoms with Crippen LogP contribution in [0.25, 0.3) is 0 Å². The van der Waals surface area contributed by atoms with Crippen LogP contribution in [0.1, 0.15) is 32.3 Å². The highest BCUT2D eigenvalue weighted by molar-refractivity contribution is 5.99. The van der Waals surface area contributed by atoms with E-state index in [9.17, 15) is 19.2 Å². The Balaban J connectivity index is 1.59. The van der Waals surface area contributed by atoms with E-state index in [0.29, 0.717) is 24.0 Å². The summed E-state index contributed by atoms with van der Waals surface area (Å²) in [5.41, 5.74) is 1.32. The molecule has 2 heterocycles. The Labute approximate surface area is 204 Å². The van der Waals surface area contributed by atoms with Crippen molar-refractivity contribution in [3.05, 3.63) is 54.2 Å². The standard InChI is InChI=1S/C25H31N5O5/c1-17(2)13-20-15-29(12-10-24(33)34)23(32)16-30(20)22(31)14-18-6-8-19(9-7-18)27-25(35)28-21-5-3-4-11-26-21/h3-9,11,17,20H,10,12-16H2,1-2H3,(H,33,34)(H2,26,27,28,35). The van der Waals surface area contributed by atoms with Crippen LogP contribution in [-0.2, 0) is 20.8 Å². The molecule has 1 aliphatic rings. The highest BCUT2D eigenvalue weighted by Gasteiger charge is 2.35. The zero-order chi connectivity index (χ0) is 25.4. The second-order valence-corrected chi connectivity index (χ2v) is 8.96. The molecular formula is C25H31N5O5. The summed E-state index contributed by atoms with van der Waals surface area (Å²) >= 11 is 0. The Morgan fingerprint density at radius 2 is 1.86 bits per heavy atom. The van der Waals surface area contributed by atoms with Crippen LogP contribution >= 0.6 is 0 Å². The lowest BCUT2D eigenvalue weighted by atomic mass is 9.98. The minimum absolute atomic E-state index is 0.0524. The number of aliphatic carboxylic acids is 1. The van der Waals surface area contributed by atoms with Gasteiger partial charge in [0.25, 0.3) is 0 Å². The largest absolute Gasteiger partial charge is 0.481 e. The van der Waals surface area contributed by atoms with E-state index < -0.39 is 12.0 Å². The van der Waals surface area contributed by atoms with Gasteiger partial charge in [0, 0.05) is 25.0 Å². The van der Waals surface area contributed by atoms with Crippen LogP contribution in [0.15, 0.2) is 48.7 Å². The van der Waals surface area contributed by atoms with Gasteiger partial charge in [0.2, 0.25) is 11.8 Å². The second kappa shape index (κ2) is 12.0. The predicted molar refractivity (Wildman–Crippen MR) is 131 cm³/mol. The number of benzene rings is 1. The maximum absolute atomic E-state index is 13.1. The molecular weight excluding hydrogens is 450 g/mol. The molecule has 0 bridgehead atoms. The average Bonchev–Trinajstić information content (AvgIpc) is 2.80. The van der Waals surface area contributed by atoms with Gasteiger partial charge in [0.1, 0.15) is 12.4 Å². The van der Waals surface area contributed by atoms with E-state index in [1.165, 1.54) is 0 Å². The third-order valence-electron chi connectivity index (χ3n) is 5.66. The second-order valence-electron chi connectivity index (χ2n) is 8.96. The van der Waals surface area contributed by atoms with Gasteiger partial charge >= 0.3 is 12.0 Å². The molecule has 186 valence electrons. The Morgan fingerprint density at radius 1 is 1.11 bits per heavy atom. The number of amides is 4. The Kier molecular flexibility index (Phi) is 8.77. The Morgan fingerprint density at radius 3 is 2.49 bits per heavy atom. The summed E-state index contributed by atoms with van der Waals surface area (Å²) in [4.78, 5) is 55.9. The molecule has 10 nitrogen and oxygen atoms in total. The molecule has 0 radical (unpaired) electrons. The summed E-state index contributed by atoms with van der Waals surface area (Å²) in [6.07, 6.45) is 2.30. The number of hydrogen-bond donors (Lipinski definition) is 3. The lowest BCUT2D eigenvalue weighted by molar-refractivity contribution is -0.150. The number of carboxylic acids is 1. The lowest BCUT2D eigenvalue weighted by Crippen LogP contribution is -2.58. The number of nitrogens with one attached hydrogen (secondary N) is 2. The van der Waals surface area contributed by atoms with Crippen molar-refractivity contribution < 1.29 is 24.3 Å². The molecule has 3 N–H and O–H groups in total. The molecule has 1 aliphatic heterocycles. The number of pyridine rings is 1. The first-order chi connectivity index (χ1) is 16.7. The fraction of sp³-hybridized carbons (Fsp3) is 0.400. The van der Waals surface area contributed by atoms with Crippen LogP contribution in [0.4, 0.5) is 16.3 Å². The normalized spacial score (nSPS) is 15.7. The highest BCUT2D eigenvalue weighted by atomic mass is 16.4. The van der Waals surface area contributed by atoms with Crippen molar-refractivity contribution in [3.63, 3.8) is 0 Å². The number of urea groups is 1. The summed E-state index contributed by atoms with van der Waals surface area (Å²) in [6, 6.07) is 11.5. The molecule has 10 heteroatoms. The van der Waals surface area contributed by atoms with Gasteiger partial charge in [-0.1, -0.05) is 32.0 Å². The van der Waals surface area contributed by atoms with Gasteiger partial charge in [-0.2, -0.15) is 0 Å². The monoisotopic (exact) mass is 481 g/mol. The van der Waals surface area contributed by atoms with Crippen molar-refractivity contribution in [2.24, 2.45) is 5.92 Å². The quantitative estimate of drug-likeness (QED) is 0.505. The highest BCUT2D eigenvalue weighted by Crippen LogP contribution is 2.20. The molecule has 1 fully saturated rings. The number of nitrogens with zero attached hydrogens (tertiary/aromatic N) is 3. The first kappa shape index (κ1) is 25.7. The van der Waals surface area contributed by atoms with Gasteiger partial charge in [-0.25, -0.2) is 9.78 Å². The van der Waals surface area contributed by atoms with E-state index >= 15 is 0 Å². The zero-order valence-corrected chi connectivity index (χ0v) is 19.9. The summed E-state index contributed by atoms with van der Waals surface area (Å²) in [7, 11) is 0. The van der Waals surface area contributed by atoms with Crippen molar-refractivity contribution >= 4 is 35.3 Å². The van der Waals surface area contributed by atoms with Crippen molar-refractivity contribution in [2.45, 2.75) is 39.2 Å². The molecule has 1 saturated heterocycles. The molecule has 1 aromatic carbocycles. The first-order valence-electron chi connectivity index (χ1n) is 11.6. The molecule has 1 aromatic heterocycles. The van der Waals surface area contributed by atoms with Crippen LogP contribution in [-0.4, -0.2) is 69.4 Å². The maximum Gasteiger partial charge on any atom is 0.324 e. The fourth-order valence-corrected chi connectivity index (χ4v) is 4.01. The minimum atomic E-state index is -0.955. The van der Waals surface area contributed by atoms with Crippen molar-refractivity contribution in [1.82, 2.24) is 14.8 Å². The van der Waals surface area contributed by atoms with Crippen molar-refractivity contribution in [3.8, 4) is 0 Å². The van der Waals surface area contributed by atoms with Gasteiger partial charge in [0.05, 0.1) is 18.9 Å². The van der Waals surface area contributed by atoms with Crippen LogP contribution in [0, 0.1) is 5.92 Å². The van der Waals surface area contributed by atoms with Crippen LogP contribution in [0.2, 0.25) is 0 Å². The topological polar surface area (TPSA) is 132 Å². The third-order valence-corrected chi connectivity index (χ3v) is 5.66. The Bertz CT molecular complexity index is 1040. The number of carboxylic acid groups (broad SMARTS) is 1. The third kappa shape index (κ3) is 7.80. The molecule has 0 aliphatic carbocycles. The van der Waals surface area contributed by atoms with Crippen LogP contribution in [0.3, 0.4) is 0 Å². The SMILES string of the molecule is CC(C)CC1CN(CCC(=O)O)C(=O)CN1C(=O)Cc1ccc(NC(=O)Nc2ccccn2)cc1. The van der Waals surface area contributed by atoms with Crippen LogP contribution in [0.5, 0.6) is 0 Å². The number of piperazine rings is 1. The minimum Gasteiger partial charge on any atom is -0.481 e. The average molecular weight is 482 g/mol. The fourth-order valence-electron chi connectivity index (χ4n) is 4.01. The molecule has 0 spiro atoms. The van der Waals surface area contributed by atoms with E-state index in [4.69, 9.17) is 5.11 Å². The summed E-state index contributed by atoms with van der Waals surface area (Å²) in [5.74, 6) is -0.606. The number of anilines is 2. The number of carbonyl (C=O) groups is 4. The molecule has 2 aromatic rings. The van der Waals surface area contributed by atoms with Crippen molar-refractivity contribution in [2.75, 3.05) is 30.3 Å². The molecule has 1 atom stereocenters. The van der Waals surface area contributed by atoms with Gasteiger partial charge in [-0.15, -0.1) is 0 Å². The molecule has 35 heavy (non-hydrogen) atoms. The van der Waals surface area contributed by atoms with Gasteiger partial charge in [0.15, 0.2) is 0 Å². The van der Waals surface area contributed by atoms with Gasteiger partial charge in [-0.3, -0.25) is 19.7 Å². The summed E-state index contributed by atoms with van der Waals surface area (Å²) < 4.78 is 0. The van der Waals surface area contributed by atoms with Crippen molar-refractivity contribution in [1.29, 1.82) is 0 Å². The molecule has 1 unspecified atom stereocenters. The Hall–Kier alpha value is -3.95.